The van der Waals surface area contributed by atoms with Crippen LogP contribution in [0.4, 0.5) is 5.82 Å². The minimum Gasteiger partial charge on any atom is -0.356 e. The van der Waals surface area contributed by atoms with Gasteiger partial charge in [-0.25, -0.2) is 27.9 Å². The van der Waals surface area contributed by atoms with Gasteiger partial charge in [0, 0.05) is 19.3 Å². The Hall–Kier alpha value is -2.98. The van der Waals surface area contributed by atoms with Crippen molar-refractivity contribution < 1.29 is 18.0 Å². The molecule has 0 bridgehead atoms. The lowest BCUT2D eigenvalue weighted by Gasteiger charge is -2.35. The van der Waals surface area contributed by atoms with E-state index in [-0.39, 0.29) is 23.7 Å². The third-order valence-electron chi connectivity index (χ3n) is 7.90. The van der Waals surface area contributed by atoms with E-state index < -0.39 is 15.4 Å². The molecular weight excluding hydrogens is 514 g/mol. The summed E-state index contributed by atoms with van der Waals surface area (Å²) < 4.78 is 27.7. The van der Waals surface area contributed by atoms with E-state index in [0.717, 1.165) is 48.9 Å². The maximum absolute atomic E-state index is 13.3. The quantitative estimate of drug-likeness (QED) is 0.401. The largest absolute Gasteiger partial charge is 0.356 e. The minimum absolute atomic E-state index is 0.160. The van der Waals surface area contributed by atoms with E-state index in [1.807, 2.05) is 39.1 Å². The Morgan fingerprint density at radius 3 is 2.41 bits per heavy atom. The molecule has 0 spiro atoms. The van der Waals surface area contributed by atoms with Crippen molar-refractivity contribution in [2.24, 2.45) is 11.8 Å². The summed E-state index contributed by atoms with van der Waals surface area (Å²) in [5.74, 6) is 1.29. The van der Waals surface area contributed by atoms with Crippen LogP contribution < -0.4 is 14.5 Å². The van der Waals surface area contributed by atoms with Crippen molar-refractivity contribution in [3.8, 4) is 0 Å². The first-order valence-electron chi connectivity index (χ1n) is 13.7. The smallest absolute Gasteiger partial charge is 0.342 e. The molecule has 3 aromatic rings. The Balaban J connectivity index is 1.46. The summed E-state index contributed by atoms with van der Waals surface area (Å²) in [7, 11) is 0.261. The number of carbonyl (C=O) groups is 1. The Morgan fingerprint density at radius 2 is 1.79 bits per heavy atom. The van der Waals surface area contributed by atoms with Gasteiger partial charge < -0.3 is 9.74 Å². The molecule has 1 aliphatic rings. The van der Waals surface area contributed by atoms with Crippen LogP contribution in [0.25, 0.3) is 11.0 Å². The second-order valence-electron chi connectivity index (χ2n) is 11.6. The van der Waals surface area contributed by atoms with Gasteiger partial charge in [0.2, 0.25) is 10.0 Å². The van der Waals surface area contributed by atoms with E-state index in [2.05, 4.69) is 45.6 Å². The van der Waals surface area contributed by atoms with Gasteiger partial charge in [-0.2, -0.15) is 4.73 Å². The molecule has 1 saturated carbocycles. The molecule has 212 valence electrons. The molecule has 4 rings (SSSR count). The number of aromatic nitrogens is 3. The molecule has 2 aromatic heterocycles. The Bertz CT molecular complexity index is 1390. The fourth-order valence-corrected chi connectivity index (χ4v) is 6.51. The fraction of sp³-hybridized carbons (Fsp3) is 0.552. The molecule has 0 unspecified atom stereocenters. The van der Waals surface area contributed by atoms with Crippen molar-refractivity contribution in [3.05, 3.63) is 54.0 Å². The maximum Gasteiger partial charge on any atom is 0.342 e. The zero-order valence-electron chi connectivity index (χ0n) is 23.8. The number of hydrogen-bond donors (Lipinski definition) is 1. The summed E-state index contributed by atoms with van der Waals surface area (Å²) in [6, 6.07) is 10.3. The highest BCUT2D eigenvalue weighted by molar-refractivity contribution is 7.89. The van der Waals surface area contributed by atoms with Crippen LogP contribution in [0.2, 0.25) is 0 Å². The third-order valence-corrected chi connectivity index (χ3v) is 9.43. The van der Waals surface area contributed by atoms with Crippen LogP contribution in [0.3, 0.4) is 0 Å². The van der Waals surface area contributed by atoms with Crippen molar-refractivity contribution in [1.82, 2.24) is 19.4 Å². The van der Waals surface area contributed by atoms with Crippen LogP contribution in [-0.2, 0) is 26.7 Å². The van der Waals surface area contributed by atoms with Gasteiger partial charge in [-0.05, 0) is 82.0 Å². The van der Waals surface area contributed by atoms with Gasteiger partial charge in [-0.3, -0.25) is 0 Å². The maximum atomic E-state index is 13.3. The van der Waals surface area contributed by atoms with Gasteiger partial charge >= 0.3 is 5.97 Å². The summed E-state index contributed by atoms with van der Waals surface area (Å²) in [6.07, 6.45) is 7.64. The molecule has 39 heavy (non-hydrogen) atoms. The van der Waals surface area contributed by atoms with Crippen LogP contribution in [0.1, 0.15) is 64.5 Å². The molecule has 1 fully saturated rings. The summed E-state index contributed by atoms with van der Waals surface area (Å²) in [5, 5.41) is 0.795. The highest BCUT2D eigenvalue weighted by atomic mass is 32.2. The number of nitrogens with zero attached hydrogens (tertiary/aromatic N) is 4. The molecule has 0 amide bonds. The molecule has 0 radical (unpaired) electrons. The predicted octanol–water partition coefficient (Wildman–Crippen LogP) is 4.11. The minimum atomic E-state index is -3.21. The molecule has 0 aliphatic heterocycles. The normalized spacial score (nSPS) is 18.4. The van der Waals surface area contributed by atoms with Gasteiger partial charge in [0.05, 0.1) is 16.6 Å². The topological polar surface area (TPSA) is 106 Å². The number of nitrogens with one attached hydrogen (secondary N) is 1. The second-order valence-corrected chi connectivity index (χ2v) is 13.6. The van der Waals surface area contributed by atoms with E-state index in [9.17, 15) is 13.2 Å². The molecule has 10 heteroatoms. The van der Waals surface area contributed by atoms with Crippen LogP contribution in [0, 0.1) is 11.8 Å². The predicted molar refractivity (Wildman–Crippen MR) is 154 cm³/mol. The Kier molecular flexibility index (Phi) is 8.66. The number of benzene rings is 1. The van der Waals surface area contributed by atoms with Gasteiger partial charge in [0.25, 0.3) is 0 Å². The van der Waals surface area contributed by atoms with Gasteiger partial charge in [-0.15, -0.1) is 0 Å². The summed E-state index contributed by atoms with van der Waals surface area (Å²) in [6.45, 7) is 8.11. The lowest BCUT2D eigenvalue weighted by Crippen LogP contribution is -2.38. The molecule has 1 N–H and O–H groups in total. The Labute approximate surface area is 232 Å². The van der Waals surface area contributed by atoms with E-state index in [4.69, 9.17) is 4.84 Å². The first-order valence-corrected chi connectivity index (χ1v) is 15.3. The molecule has 0 saturated heterocycles. The van der Waals surface area contributed by atoms with Gasteiger partial charge in [0.15, 0.2) is 5.65 Å². The van der Waals surface area contributed by atoms with Crippen molar-refractivity contribution in [3.63, 3.8) is 0 Å². The number of carbonyl (C=O) groups excluding carboxylic acids is 1. The summed E-state index contributed by atoms with van der Waals surface area (Å²) in [5.41, 5.74) is 1.82. The van der Waals surface area contributed by atoms with Gasteiger partial charge in [-0.1, -0.05) is 38.1 Å². The number of hydrogen-bond acceptors (Lipinski definition) is 7. The molecule has 9 nitrogen and oxygen atoms in total. The lowest BCUT2D eigenvalue weighted by atomic mass is 9.84. The Morgan fingerprint density at radius 1 is 1.13 bits per heavy atom. The van der Waals surface area contributed by atoms with E-state index >= 15 is 0 Å². The lowest BCUT2D eigenvalue weighted by molar-refractivity contribution is -0.149. The van der Waals surface area contributed by atoms with E-state index in [0.29, 0.717) is 11.6 Å². The fourth-order valence-electron chi connectivity index (χ4n) is 5.39. The van der Waals surface area contributed by atoms with Crippen LogP contribution in [0.15, 0.2) is 42.9 Å². The molecule has 1 aliphatic carbocycles. The van der Waals surface area contributed by atoms with Crippen molar-refractivity contribution >= 4 is 32.8 Å². The van der Waals surface area contributed by atoms with Gasteiger partial charge in [0.1, 0.15) is 12.1 Å². The monoisotopic (exact) mass is 555 g/mol. The second kappa shape index (κ2) is 11.6. The first kappa shape index (κ1) is 29.0. The number of anilines is 1. The third kappa shape index (κ3) is 6.61. The van der Waals surface area contributed by atoms with Crippen molar-refractivity contribution in [2.75, 3.05) is 24.7 Å². The standard InChI is InChI=1S/C29H41N5O4S/c1-20(2)17-21-7-11-23(12-8-21)29(3,4)28(35)38-34-16-15-25-26(31-19-32-27(25)34)33(6)24-13-9-22(10-14-24)18-39(36,37)30-5/h7-8,11-12,15-16,19-20,22,24,30H,9-10,13-14,17-18H2,1-6H3. The highest BCUT2D eigenvalue weighted by Gasteiger charge is 2.33. The van der Waals surface area contributed by atoms with Crippen LogP contribution >= 0.6 is 0 Å². The summed E-state index contributed by atoms with van der Waals surface area (Å²) in [4.78, 5) is 30.3. The van der Waals surface area contributed by atoms with Crippen molar-refractivity contribution in [1.29, 1.82) is 0 Å². The average molecular weight is 556 g/mol. The van der Waals surface area contributed by atoms with E-state index in [1.165, 1.54) is 23.7 Å². The van der Waals surface area contributed by atoms with Crippen LogP contribution in [-0.4, -0.2) is 55.0 Å². The molecule has 2 heterocycles. The highest BCUT2D eigenvalue weighted by Crippen LogP contribution is 2.33. The number of sulfonamides is 1. The zero-order chi connectivity index (χ0) is 28.4. The first-order chi connectivity index (χ1) is 18.4. The van der Waals surface area contributed by atoms with E-state index in [1.54, 1.807) is 6.20 Å². The molecule has 1 aromatic carbocycles. The molecule has 0 atom stereocenters. The average Bonchev–Trinajstić information content (AvgIpc) is 3.31. The molecular formula is C29H41N5O4S. The number of fused-ring (bicyclic) bond motifs is 1. The zero-order valence-corrected chi connectivity index (χ0v) is 24.7. The van der Waals surface area contributed by atoms with Crippen LogP contribution in [0.5, 0.6) is 0 Å². The number of rotatable bonds is 10. The SMILES string of the molecule is CNS(=O)(=O)CC1CCC(N(C)c2ncnc3c2ccn3OC(=O)C(C)(C)c2ccc(CC(C)C)cc2)CC1. The van der Waals surface area contributed by atoms with Crippen molar-refractivity contribution in [2.45, 2.75) is 71.3 Å². The summed E-state index contributed by atoms with van der Waals surface area (Å²) >= 11 is 0.